The Bertz CT molecular complexity index is 758. The molecule has 0 unspecified atom stereocenters. The highest BCUT2D eigenvalue weighted by Gasteiger charge is 2.18. The summed E-state index contributed by atoms with van der Waals surface area (Å²) in [4.78, 5) is 4.94. The second-order valence-electron chi connectivity index (χ2n) is 7.67. The molecule has 23 heavy (non-hydrogen) atoms. The molecule has 0 aliphatic carbocycles. The lowest BCUT2D eigenvalue weighted by Gasteiger charge is -2.18. The lowest BCUT2D eigenvalue weighted by atomic mass is 9.87. The molecule has 0 radical (unpaired) electrons. The third-order valence-corrected chi connectivity index (χ3v) is 4.13. The van der Waals surface area contributed by atoms with Gasteiger partial charge < -0.3 is 0 Å². The molecule has 0 fully saturated rings. The zero-order valence-corrected chi connectivity index (χ0v) is 14.6. The SMILES string of the molecule is CC1=C(c2cccc(CC(C)(C)C)c2)N=C(c2ccccc2)C1. The van der Waals surface area contributed by atoms with Gasteiger partial charge in [-0.1, -0.05) is 69.3 Å². The van der Waals surface area contributed by atoms with Gasteiger partial charge in [-0.2, -0.15) is 0 Å². The maximum absolute atomic E-state index is 4.94. The van der Waals surface area contributed by atoms with Crippen LogP contribution >= 0.6 is 0 Å². The van der Waals surface area contributed by atoms with Gasteiger partial charge in [-0.25, -0.2) is 0 Å². The van der Waals surface area contributed by atoms with E-state index < -0.39 is 0 Å². The molecule has 0 spiro atoms. The van der Waals surface area contributed by atoms with Crippen LogP contribution in [0.1, 0.15) is 50.8 Å². The predicted octanol–water partition coefficient (Wildman–Crippen LogP) is 5.90. The first-order chi connectivity index (χ1) is 10.9. The summed E-state index contributed by atoms with van der Waals surface area (Å²) in [5.74, 6) is 0. The lowest BCUT2D eigenvalue weighted by Crippen LogP contribution is -2.09. The van der Waals surface area contributed by atoms with Crippen molar-refractivity contribution < 1.29 is 0 Å². The summed E-state index contributed by atoms with van der Waals surface area (Å²) in [6, 6.07) is 19.4. The van der Waals surface area contributed by atoms with Crippen molar-refractivity contribution in [1.82, 2.24) is 0 Å². The highest BCUT2D eigenvalue weighted by molar-refractivity contribution is 6.08. The van der Waals surface area contributed by atoms with Gasteiger partial charge in [0.15, 0.2) is 0 Å². The van der Waals surface area contributed by atoms with Crippen molar-refractivity contribution in [2.45, 2.75) is 40.5 Å². The fraction of sp³-hybridized carbons (Fsp3) is 0.318. The molecule has 1 aliphatic heterocycles. The quantitative estimate of drug-likeness (QED) is 0.669. The van der Waals surface area contributed by atoms with Crippen LogP contribution in [-0.4, -0.2) is 5.71 Å². The van der Waals surface area contributed by atoms with Gasteiger partial charge in [0.1, 0.15) is 0 Å². The zero-order chi connectivity index (χ0) is 16.4. The number of hydrogen-bond donors (Lipinski definition) is 0. The van der Waals surface area contributed by atoms with Gasteiger partial charge in [0.05, 0.1) is 11.4 Å². The Morgan fingerprint density at radius 3 is 2.30 bits per heavy atom. The van der Waals surface area contributed by atoms with Gasteiger partial charge in [0.25, 0.3) is 0 Å². The highest BCUT2D eigenvalue weighted by Crippen LogP contribution is 2.31. The van der Waals surface area contributed by atoms with E-state index in [-0.39, 0.29) is 0 Å². The van der Waals surface area contributed by atoms with E-state index in [9.17, 15) is 0 Å². The van der Waals surface area contributed by atoms with Crippen molar-refractivity contribution in [1.29, 1.82) is 0 Å². The average molecular weight is 303 g/mol. The van der Waals surface area contributed by atoms with Crippen LogP contribution in [-0.2, 0) is 6.42 Å². The van der Waals surface area contributed by atoms with Crippen LogP contribution < -0.4 is 0 Å². The van der Waals surface area contributed by atoms with Crippen molar-refractivity contribution in [2.24, 2.45) is 10.4 Å². The van der Waals surface area contributed by atoms with Gasteiger partial charge in [-0.05, 0) is 41.5 Å². The van der Waals surface area contributed by atoms with Gasteiger partial charge in [-0.15, -0.1) is 0 Å². The minimum atomic E-state index is 0.302. The smallest absolute Gasteiger partial charge is 0.0698 e. The van der Waals surface area contributed by atoms with Crippen LogP contribution in [0.5, 0.6) is 0 Å². The van der Waals surface area contributed by atoms with Crippen LogP contribution in [0.25, 0.3) is 5.70 Å². The number of benzene rings is 2. The molecule has 1 nitrogen and oxygen atoms in total. The van der Waals surface area contributed by atoms with Gasteiger partial charge >= 0.3 is 0 Å². The van der Waals surface area contributed by atoms with Crippen molar-refractivity contribution in [2.75, 3.05) is 0 Å². The Kier molecular flexibility index (Phi) is 4.21. The number of aliphatic imine (C=N–C) groups is 1. The predicted molar refractivity (Wildman–Crippen MR) is 99.8 cm³/mol. The number of hydrogen-bond acceptors (Lipinski definition) is 1. The molecule has 2 aromatic carbocycles. The molecule has 0 saturated carbocycles. The van der Waals surface area contributed by atoms with E-state index in [2.05, 4.69) is 82.3 Å². The summed E-state index contributed by atoms with van der Waals surface area (Å²) in [6.07, 6.45) is 2.03. The molecule has 0 aromatic heterocycles. The average Bonchev–Trinajstić information content (AvgIpc) is 2.89. The standard InChI is InChI=1S/C22H25N/c1-16-13-20(18-10-6-5-7-11-18)23-21(16)19-12-8-9-17(14-19)15-22(2,3)4/h5-12,14H,13,15H2,1-4H3. The van der Waals surface area contributed by atoms with E-state index in [1.165, 1.54) is 28.0 Å². The van der Waals surface area contributed by atoms with Crippen molar-refractivity contribution in [3.63, 3.8) is 0 Å². The molecule has 2 aromatic rings. The second kappa shape index (κ2) is 6.16. The monoisotopic (exact) mass is 303 g/mol. The highest BCUT2D eigenvalue weighted by atomic mass is 14.8. The largest absolute Gasteiger partial charge is 0.252 e. The molecule has 0 atom stereocenters. The summed E-state index contributed by atoms with van der Waals surface area (Å²) in [5.41, 5.74) is 7.85. The van der Waals surface area contributed by atoms with E-state index in [0.29, 0.717) is 5.41 Å². The summed E-state index contributed by atoms with van der Waals surface area (Å²) in [7, 11) is 0. The first-order valence-electron chi connectivity index (χ1n) is 8.34. The van der Waals surface area contributed by atoms with E-state index in [0.717, 1.165) is 18.5 Å². The molecule has 0 bridgehead atoms. The van der Waals surface area contributed by atoms with Crippen molar-refractivity contribution >= 4 is 11.4 Å². The van der Waals surface area contributed by atoms with Gasteiger partial charge in [0, 0.05) is 12.0 Å². The van der Waals surface area contributed by atoms with Crippen LogP contribution in [0, 0.1) is 5.41 Å². The molecule has 0 amide bonds. The maximum atomic E-state index is 4.94. The first kappa shape index (κ1) is 15.7. The molecular formula is C22H25N. The Morgan fingerprint density at radius 1 is 0.913 bits per heavy atom. The Labute approximate surface area is 139 Å². The third kappa shape index (κ3) is 3.79. The molecule has 3 rings (SSSR count). The van der Waals surface area contributed by atoms with Crippen LogP contribution in [0.3, 0.4) is 0 Å². The molecule has 0 N–H and O–H groups in total. The van der Waals surface area contributed by atoms with Gasteiger partial charge in [-0.3, -0.25) is 4.99 Å². The van der Waals surface area contributed by atoms with Crippen molar-refractivity contribution in [3.05, 3.63) is 76.9 Å². The summed E-state index contributed by atoms with van der Waals surface area (Å²) < 4.78 is 0. The molecule has 1 aliphatic rings. The van der Waals surface area contributed by atoms with Crippen molar-refractivity contribution in [3.8, 4) is 0 Å². The fourth-order valence-corrected chi connectivity index (χ4v) is 3.15. The van der Waals surface area contributed by atoms with E-state index in [4.69, 9.17) is 4.99 Å². The minimum Gasteiger partial charge on any atom is -0.252 e. The topological polar surface area (TPSA) is 12.4 Å². The maximum Gasteiger partial charge on any atom is 0.0698 e. The zero-order valence-electron chi connectivity index (χ0n) is 14.6. The molecule has 1 heteroatoms. The normalized spacial score (nSPS) is 15.0. The minimum absolute atomic E-state index is 0.302. The Hall–Kier alpha value is -2.15. The van der Waals surface area contributed by atoms with Crippen LogP contribution in [0.2, 0.25) is 0 Å². The number of nitrogens with zero attached hydrogens (tertiary/aromatic N) is 1. The number of allylic oxidation sites excluding steroid dienone is 1. The molecule has 1 heterocycles. The summed E-state index contributed by atoms with van der Waals surface area (Å²) in [6.45, 7) is 9.05. The van der Waals surface area contributed by atoms with E-state index in [1.54, 1.807) is 0 Å². The second-order valence-corrected chi connectivity index (χ2v) is 7.67. The molecular weight excluding hydrogens is 278 g/mol. The number of rotatable bonds is 3. The lowest BCUT2D eigenvalue weighted by molar-refractivity contribution is 0.411. The van der Waals surface area contributed by atoms with Crippen LogP contribution in [0.15, 0.2) is 65.2 Å². The van der Waals surface area contributed by atoms with E-state index in [1.807, 2.05) is 0 Å². The fourth-order valence-electron chi connectivity index (χ4n) is 3.15. The summed E-state index contributed by atoms with van der Waals surface area (Å²) in [5, 5.41) is 0. The molecule has 0 saturated heterocycles. The third-order valence-electron chi connectivity index (χ3n) is 4.13. The Balaban J connectivity index is 1.91. The Morgan fingerprint density at radius 2 is 1.61 bits per heavy atom. The van der Waals surface area contributed by atoms with Gasteiger partial charge in [0.2, 0.25) is 0 Å². The van der Waals surface area contributed by atoms with E-state index >= 15 is 0 Å². The first-order valence-corrected chi connectivity index (χ1v) is 8.34. The van der Waals surface area contributed by atoms with Crippen LogP contribution in [0.4, 0.5) is 0 Å². The molecule has 118 valence electrons. The summed E-state index contributed by atoms with van der Waals surface area (Å²) >= 11 is 0.